The lowest BCUT2D eigenvalue weighted by Crippen LogP contribution is -1.91. The topological polar surface area (TPSA) is 46.5 Å². The van der Waals surface area contributed by atoms with E-state index >= 15 is 0 Å². The molecule has 3 nitrogen and oxygen atoms in total. The maximum Gasteiger partial charge on any atom is 0.153 e. The Morgan fingerprint density at radius 1 is 1.17 bits per heavy atom. The third-order valence-electron chi connectivity index (χ3n) is 2.63. The summed E-state index contributed by atoms with van der Waals surface area (Å²) in [5, 5.41) is 9.46. The average molecular weight is 242 g/mol. The Morgan fingerprint density at radius 2 is 1.94 bits per heavy atom. The van der Waals surface area contributed by atoms with Gasteiger partial charge in [-0.1, -0.05) is 18.2 Å². The van der Waals surface area contributed by atoms with Crippen molar-refractivity contribution < 1.29 is 14.6 Å². The molecule has 2 rings (SSSR count). The molecule has 0 unspecified atom stereocenters. The Kier molecular flexibility index (Phi) is 3.63. The van der Waals surface area contributed by atoms with E-state index in [2.05, 4.69) is 0 Å². The molecule has 2 aromatic carbocycles. The first kappa shape index (κ1) is 12.2. The zero-order chi connectivity index (χ0) is 13.0. The van der Waals surface area contributed by atoms with Gasteiger partial charge in [-0.2, -0.15) is 0 Å². The van der Waals surface area contributed by atoms with Crippen molar-refractivity contribution in [2.45, 2.75) is 6.92 Å². The fraction of sp³-hybridized carbons (Fsp3) is 0.133. The van der Waals surface area contributed by atoms with Crippen molar-refractivity contribution in [2.24, 2.45) is 0 Å². The standard InChI is InChI=1S/C15H14O3/c1-2-18-14-5-3-4-11(9-14)12-6-7-15(17)13(8-12)10-16/h3-10,17H,2H2,1H3. The van der Waals surface area contributed by atoms with Gasteiger partial charge >= 0.3 is 0 Å². The van der Waals surface area contributed by atoms with E-state index < -0.39 is 0 Å². The van der Waals surface area contributed by atoms with Crippen molar-refractivity contribution in [3.63, 3.8) is 0 Å². The van der Waals surface area contributed by atoms with Crippen LogP contribution >= 0.6 is 0 Å². The molecule has 0 spiro atoms. The number of phenolic OH excluding ortho intramolecular Hbond substituents is 1. The van der Waals surface area contributed by atoms with Crippen LogP contribution in [-0.4, -0.2) is 18.0 Å². The van der Waals surface area contributed by atoms with Crippen molar-refractivity contribution in [3.05, 3.63) is 48.0 Å². The van der Waals surface area contributed by atoms with Crippen LogP contribution in [0.1, 0.15) is 17.3 Å². The number of ether oxygens (including phenoxy) is 1. The van der Waals surface area contributed by atoms with Gasteiger partial charge < -0.3 is 9.84 Å². The van der Waals surface area contributed by atoms with Crippen LogP contribution in [0, 0.1) is 0 Å². The second kappa shape index (κ2) is 5.36. The highest BCUT2D eigenvalue weighted by Gasteiger charge is 2.04. The second-order valence-electron chi connectivity index (χ2n) is 3.85. The first-order valence-corrected chi connectivity index (χ1v) is 5.76. The highest BCUT2D eigenvalue weighted by atomic mass is 16.5. The molecule has 0 atom stereocenters. The van der Waals surface area contributed by atoms with Crippen molar-refractivity contribution >= 4 is 6.29 Å². The molecule has 18 heavy (non-hydrogen) atoms. The van der Waals surface area contributed by atoms with Gasteiger partial charge in [0.05, 0.1) is 12.2 Å². The molecule has 0 aliphatic heterocycles. The molecule has 92 valence electrons. The van der Waals surface area contributed by atoms with E-state index in [1.54, 1.807) is 12.1 Å². The summed E-state index contributed by atoms with van der Waals surface area (Å²) in [6.07, 6.45) is 0.644. The van der Waals surface area contributed by atoms with Crippen LogP contribution < -0.4 is 4.74 Å². The second-order valence-corrected chi connectivity index (χ2v) is 3.85. The van der Waals surface area contributed by atoms with Gasteiger partial charge in [0.1, 0.15) is 11.5 Å². The minimum atomic E-state index is -0.00490. The molecule has 0 heterocycles. The van der Waals surface area contributed by atoms with Crippen LogP contribution in [0.3, 0.4) is 0 Å². The number of carbonyl (C=O) groups is 1. The van der Waals surface area contributed by atoms with E-state index in [-0.39, 0.29) is 11.3 Å². The summed E-state index contributed by atoms with van der Waals surface area (Å²) < 4.78 is 5.43. The molecule has 0 fully saturated rings. The summed E-state index contributed by atoms with van der Waals surface area (Å²) in [5.41, 5.74) is 2.11. The summed E-state index contributed by atoms with van der Waals surface area (Å²) >= 11 is 0. The molecular formula is C15H14O3. The molecule has 1 N–H and O–H groups in total. The van der Waals surface area contributed by atoms with Crippen molar-refractivity contribution in [1.82, 2.24) is 0 Å². The third kappa shape index (κ3) is 2.51. The fourth-order valence-corrected chi connectivity index (χ4v) is 1.76. The number of rotatable bonds is 4. The first-order chi connectivity index (χ1) is 8.74. The number of aromatic hydroxyl groups is 1. The lowest BCUT2D eigenvalue weighted by Gasteiger charge is -2.07. The zero-order valence-corrected chi connectivity index (χ0v) is 10.1. The van der Waals surface area contributed by atoms with Crippen LogP contribution in [0.25, 0.3) is 11.1 Å². The van der Waals surface area contributed by atoms with Crippen LogP contribution in [0.2, 0.25) is 0 Å². The molecule has 0 aliphatic carbocycles. The lowest BCUT2D eigenvalue weighted by molar-refractivity contribution is 0.112. The summed E-state index contributed by atoms with van der Waals surface area (Å²) in [4.78, 5) is 10.8. The quantitative estimate of drug-likeness (QED) is 0.837. The van der Waals surface area contributed by atoms with Crippen LogP contribution in [0.4, 0.5) is 0 Å². The van der Waals surface area contributed by atoms with E-state index in [1.807, 2.05) is 31.2 Å². The first-order valence-electron chi connectivity index (χ1n) is 5.76. The molecule has 0 aromatic heterocycles. The largest absolute Gasteiger partial charge is 0.507 e. The normalized spacial score (nSPS) is 10.1. The Morgan fingerprint density at radius 3 is 2.67 bits per heavy atom. The average Bonchev–Trinajstić information content (AvgIpc) is 2.40. The molecular weight excluding hydrogens is 228 g/mol. The van der Waals surface area contributed by atoms with E-state index in [1.165, 1.54) is 6.07 Å². The maximum absolute atomic E-state index is 10.8. The number of benzene rings is 2. The number of hydrogen-bond donors (Lipinski definition) is 1. The summed E-state index contributed by atoms with van der Waals surface area (Å²) in [7, 11) is 0. The molecule has 3 heteroatoms. The molecule has 0 saturated carbocycles. The molecule has 0 bridgehead atoms. The van der Waals surface area contributed by atoms with E-state index in [9.17, 15) is 9.90 Å². The molecule has 0 aliphatic rings. The SMILES string of the molecule is CCOc1cccc(-c2ccc(O)c(C=O)c2)c1. The van der Waals surface area contributed by atoms with Crippen LogP contribution in [0.15, 0.2) is 42.5 Å². The number of hydrogen-bond acceptors (Lipinski definition) is 3. The minimum Gasteiger partial charge on any atom is -0.507 e. The van der Waals surface area contributed by atoms with Gasteiger partial charge in [0.25, 0.3) is 0 Å². The van der Waals surface area contributed by atoms with Gasteiger partial charge in [0.15, 0.2) is 6.29 Å². The van der Waals surface area contributed by atoms with Gasteiger partial charge in [-0.25, -0.2) is 0 Å². The number of aldehydes is 1. The maximum atomic E-state index is 10.8. The Hall–Kier alpha value is -2.29. The molecule has 0 radical (unpaired) electrons. The predicted molar refractivity (Wildman–Crippen MR) is 70.1 cm³/mol. The van der Waals surface area contributed by atoms with Crippen LogP contribution in [0.5, 0.6) is 11.5 Å². The Labute approximate surface area is 106 Å². The van der Waals surface area contributed by atoms with Crippen molar-refractivity contribution in [2.75, 3.05) is 6.61 Å². The van der Waals surface area contributed by atoms with E-state index in [0.29, 0.717) is 12.9 Å². The highest BCUT2D eigenvalue weighted by molar-refractivity contribution is 5.82. The smallest absolute Gasteiger partial charge is 0.153 e. The van der Waals surface area contributed by atoms with Gasteiger partial charge in [-0.05, 0) is 42.3 Å². The van der Waals surface area contributed by atoms with Gasteiger partial charge in [-0.3, -0.25) is 4.79 Å². The fourth-order valence-electron chi connectivity index (χ4n) is 1.76. The third-order valence-corrected chi connectivity index (χ3v) is 2.63. The highest BCUT2D eigenvalue weighted by Crippen LogP contribution is 2.27. The monoisotopic (exact) mass is 242 g/mol. The minimum absolute atomic E-state index is 0.00490. The van der Waals surface area contributed by atoms with Crippen molar-refractivity contribution in [1.29, 1.82) is 0 Å². The lowest BCUT2D eigenvalue weighted by atomic mass is 10.0. The Bertz CT molecular complexity index is 561. The van der Waals surface area contributed by atoms with E-state index in [0.717, 1.165) is 16.9 Å². The van der Waals surface area contributed by atoms with E-state index in [4.69, 9.17) is 4.74 Å². The molecule has 0 saturated heterocycles. The summed E-state index contributed by atoms with van der Waals surface area (Å²) in [5.74, 6) is 0.783. The number of carbonyl (C=O) groups excluding carboxylic acids is 1. The zero-order valence-electron chi connectivity index (χ0n) is 10.1. The Balaban J connectivity index is 2.41. The van der Waals surface area contributed by atoms with Crippen LogP contribution in [-0.2, 0) is 0 Å². The van der Waals surface area contributed by atoms with Gasteiger partial charge in [-0.15, -0.1) is 0 Å². The summed E-state index contributed by atoms with van der Waals surface area (Å²) in [6, 6.07) is 12.6. The van der Waals surface area contributed by atoms with Crippen molar-refractivity contribution in [3.8, 4) is 22.6 Å². The van der Waals surface area contributed by atoms with Gasteiger partial charge in [0, 0.05) is 0 Å². The predicted octanol–water partition coefficient (Wildman–Crippen LogP) is 3.27. The molecule has 0 amide bonds. The molecule has 2 aromatic rings. The number of phenols is 1. The van der Waals surface area contributed by atoms with Gasteiger partial charge in [0.2, 0.25) is 0 Å². The summed E-state index contributed by atoms with van der Waals surface area (Å²) in [6.45, 7) is 2.54.